The van der Waals surface area contributed by atoms with Crippen LogP contribution in [-0.2, 0) is 13.9 Å². The second-order valence-electron chi connectivity index (χ2n) is 5.04. The molecule has 106 valence electrons. The Labute approximate surface area is 113 Å². The number of hydrogen-bond donors (Lipinski definition) is 0. The van der Waals surface area contributed by atoms with Crippen LogP contribution >= 0.6 is 8.69 Å². The summed E-state index contributed by atoms with van der Waals surface area (Å²) in [5.74, 6) is -0.269. The zero-order chi connectivity index (χ0) is 13.9. The summed E-state index contributed by atoms with van der Waals surface area (Å²) in [4.78, 5) is 12.2. The Morgan fingerprint density at radius 2 is 1.33 bits per heavy atom. The maximum Gasteiger partial charge on any atom is 0.398 e. The fourth-order valence-electron chi connectivity index (χ4n) is 2.36. The van der Waals surface area contributed by atoms with Gasteiger partial charge in [-0.25, -0.2) is 4.57 Å². The second-order valence-corrected chi connectivity index (χ2v) is 5.38. The summed E-state index contributed by atoms with van der Waals surface area (Å²) in [7, 11) is -0.518. The lowest BCUT2D eigenvalue weighted by molar-refractivity contribution is -0.146. The van der Waals surface area contributed by atoms with Crippen molar-refractivity contribution in [3.05, 3.63) is 0 Å². The molecule has 4 heteroatoms. The van der Waals surface area contributed by atoms with E-state index in [1.807, 2.05) is 0 Å². The molecule has 0 aromatic carbocycles. The highest BCUT2D eigenvalue weighted by atomic mass is 31.1. The van der Waals surface area contributed by atoms with Gasteiger partial charge in [0.05, 0.1) is 5.41 Å². The van der Waals surface area contributed by atoms with Gasteiger partial charge < -0.3 is 4.52 Å². The first-order valence-electron chi connectivity index (χ1n) is 7.21. The van der Waals surface area contributed by atoms with Crippen molar-refractivity contribution < 1.29 is 13.9 Å². The molecule has 0 aliphatic carbocycles. The average Bonchev–Trinajstić information content (AvgIpc) is 2.38. The lowest BCUT2D eigenvalue weighted by Gasteiger charge is -2.30. The quantitative estimate of drug-likeness (QED) is 0.480. The van der Waals surface area contributed by atoms with E-state index in [4.69, 9.17) is 4.52 Å². The zero-order valence-electron chi connectivity index (χ0n) is 12.0. The average molecular weight is 274 g/mol. The van der Waals surface area contributed by atoms with Gasteiger partial charge in [0, 0.05) is 0 Å². The fraction of sp³-hybridized carbons (Fsp3) is 0.929. The Morgan fingerprint density at radius 3 is 1.61 bits per heavy atom. The lowest BCUT2D eigenvalue weighted by Crippen LogP contribution is -2.31. The molecule has 0 saturated carbocycles. The summed E-state index contributed by atoms with van der Waals surface area (Å²) in [6.07, 6.45) is 8.87. The van der Waals surface area contributed by atoms with Gasteiger partial charge in [-0.05, 0) is 19.3 Å². The van der Waals surface area contributed by atoms with Crippen LogP contribution in [0.2, 0.25) is 0 Å². The van der Waals surface area contributed by atoms with Crippen molar-refractivity contribution in [1.29, 1.82) is 0 Å². The first-order valence-corrected chi connectivity index (χ1v) is 7.94. The predicted molar refractivity (Wildman–Crippen MR) is 74.7 cm³/mol. The zero-order valence-corrected chi connectivity index (χ0v) is 12.9. The Balaban J connectivity index is 4.83. The summed E-state index contributed by atoms with van der Waals surface area (Å²) in [6.45, 7) is 6.38. The maximum atomic E-state index is 12.2. The van der Waals surface area contributed by atoms with E-state index >= 15 is 0 Å². The second kappa shape index (κ2) is 10.5. The molecule has 18 heavy (non-hydrogen) atoms. The molecular weight excluding hydrogens is 247 g/mol. The summed E-state index contributed by atoms with van der Waals surface area (Å²) in [5, 5.41) is 0. The largest absolute Gasteiger partial charge is 0.398 e. The molecule has 0 N–H and O–H groups in total. The molecule has 0 radical (unpaired) electrons. The van der Waals surface area contributed by atoms with Crippen LogP contribution in [0.3, 0.4) is 0 Å². The molecule has 0 aliphatic rings. The van der Waals surface area contributed by atoms with Gasteiger partial charge in [-0.2, -0.15) is 0 Å². The first kappa shape index (κ1) is 17.6. The summed E-state index contributed by atoms with van der Waals surface area (Å²) in [6, 6.07) is 0. The molecule has 0 aromatic heterocycles. The van der Waals surface area contributed by atoms with E-state index in [0.717, 1.165) is 57.8 Å². The van der Waals surface area contributed by atoms with Crippen LogP contribution in [0.25, 0.3) is 0 Å². The number of carbonyl (C=O) groups is 1. The summed E-state index contributed by atoms with van der Waals surface area (Å²) in [5.41, 5.74) is -0.403. The molecule has 0 rings (SSSR count). The number of hydrogen-bond acceptors (Lipinski definition) is 3. The highest BCUT2D eigenvalue weighted by Crippen LogP contribution is 2.38. The van der Waals surface area contributed by atoms with Gasteiger partial charge in [0.25, 0.3) is 0 Å². The predicted octanol–water partition coefficient (Wildman–Crippen LogP) is 5.29. The molecule has 3 nitrogen and oxygen atoms in total. The van der Waals surface area contributed by atoms with Crippen LogP contribution in [0.1, 0.15) is 78.6 Å². The van der Waals surface area contributed by atoms with Gasteiger partial charge >= 0.3 is 14.7 Å². The molecule has 0 aliphatic heterocycles. The molecule has 0 spiro atoms. The van der Waals surface area contributed by atoms with Crippen LogP contribution in [0.5, 0.6) is 0 Å². The van der Waals surface area contributed by atoms with Gasteiger partial charge in [-0.3, -0.25) is 4.79 Å². The van der Waals surface area contributed by atoms with E-state index < -0.39 is 14.1 Å². The van der Waals surface area contributed by atoms with Crippen molar-refractivity contribution in [3.8, 4) is 0 Å². The first-order chi connectivity index (χ1) is 8.66. The Hall–Kier alpha value is -0.430. The molecule has 0 fully saturated rings. The minimum absolute atomic E-state index is 0.269. The van der Waals surface area contributed by atoms with Gasteiger partial charge in [-0.1, -0.05) is 59.3 Å². The van der Waals surface area contributed by atoms with E-state index in [2.05, 4.69) is 20.8 Å². The Bertz CT molecular complexity index is 219. The van der Waals surface area contributed by atoms with Crippen molar-refractivity contribution in [3.63, 3.8) is 0 Å². The molecule has 0 aromatic rings. The molecule has 0 atom stereocenters. The molecule has 0 saturated heterocycles. The third-order valence-electron chi connectivity index (χ3n) is 3.58. The molecule has 0 bridgehead atoms. The van der Waals surface area contributed by atoms with Crippen LogP contribution < -0.4 is 0 Å². The third kappa shape index (κ3) is 5.95. The van der Waals surface area contributed by atoms with Gasteiger partial charge in [0.2, 0.25) is 0 Å². The Kier molecular flexibility index (Phi) is 10.2. The van der Waals surface area contributed by atoms with Crippen LogP contribution in [0.15, 0.2) is 0 Å². The van der Waals surface area contributed by atoms with Crippen molar-refractivity contribution >= 4 is 14.7 Å². The maximum absolute atomic E-state index is 12.2. The molecular formula is C14H27O3P. The lowest BCUT2D eigenvalue weighted by atomic mass is 9.74. The summed E-state index contributed by atoms with van der Waals surface area (Å²) >= 11 is 0. The molecule has 0 unspecified atom stereocenters. The number of rotatable bonds is 11. The number of carbonyl (C=O) groups excluding carboxylic acids is 1. The highest BCUT2D eigenvalue weighted by Gasteiger charge is 2.38. The van der Waals surface area contributed by atoms with Crippen LogP contribution in [0.4, 0.5) is 0 Å². The van der Waals surface area contributed by atoms with E-state index in [-0.39, 0.29) is 5.97 Å². The van der Waals surface area contributed by atoms with Crippen LogP contribution in [-0.4, -0.2) is 5.97 Å². The van der Waals surface area contributed by atoms with E-state index in [1.165, 1.54) is 0 Å². The van der Waals surface area contributed by atoms with Gasteiger partial charge in [0.1, 0.15) is 0 Å². The SMILES string of the molecule is CCCCC(CCCC)(CCCC)C(=O)OP=O. The summed E-state index contributed by atoms with van der Waals surface area (Å²) < 4.78 is 15.3. The molecule has 0 heterocycles. The van der Waals surface area contributed by atoms with Crippen LogP contribution in [0, 0.1) is 5.41 Å². The topological polar surface area (TPSA) is 43.4 Å². The Morgan fingerprint density at radius 1 is 0.944 bits per heavy atom. The fourth-order valence-corrected chi connectivity index (χ4v) is 2.62. The number of unbranched alkanes of at least 4 members (excludes halogenated alkanes) is 3. The normalized spacial score (nSPS) is 11.7. The van der Waals surface area contributed by atoms with Gasteiger partial charge in [0.15, 0.2) is 0 Å². The minimum Gasteiger partial charge on any atom is -0.372 e. The van der Waals surface area contributed by atoms with E-state index in [1.54, 1.807) is 0 Å². The molecule has 0 amide bonds. The third-order valence-corrected chi connectivity index (χ3v) is 3.82. The van der Waals surface area contributed by atoms with E-state index in [0.29, 0.717) is 0 Å². The van der Waals surface area contributed by atoms with Crippen molar-refractivity contribution in [2.75, 3.05) is 0 Å². The standard InChI is InChI=1S/C14H27O3P/c1-4-7-10-14(11-8-5-2,12-9-6-3)13(15)17-18-16/h4-12H2,1-3H3. The minimum atomic E-state index is -0.518. The van der Waals surface area contributed by atoms with Crippen molar-refractivity contribution in [1.82, 2.24) is 0 Å². The van der Waals surface area contributed by atoms with Gasteiger partial charge in [-0.15, -0.1) is 0 Å². The smallest absolute Gasteiger partial charge is 0.372 e. The van der Waals surface area contributed by atoms with Crippen molar-refractivity contribution in [2.45, 2.75) is 78.6 Å². The van der Waals surface area contributed by atoms with E-state index in [9.17, 15) is 9.36 Å². The highest BCUT2D eigenvalue weighted by molar-refractivity contribution is 7.18. The monoisotopic (exact) mass is 274 g/mol. The van der Waals surface area contributed by atoms with Crippen molar-refractivity contribution in [2.24, 2.45) is 5.41 Å².